The highest BCUT2D eigenvalue weighted by molar-refractivity contribution is 7.13. The summed E-state index contributed by atoms with van der Waals surface area (Å²) in [4.78, 5) is 9.19. The van der Waals surface area contributed by atoms with E-state index in [2.05, 4.69) is 28.9 Å². The molecule has 1 aliphatic heterocycles. The highest BCUT2D eigenvalue weighted by Gasteiger charge is 2.19. The molecule has 1 aromatic heterocycles. The molecule has 0 bridgehead atoms. The lowest BCUT2D eigenvalue weighted by atomic mass is 9.97. The lowest BCUT2D eigenvalue weighted by molar-refractivity contribution is 0.222. The van der Waals surface area contributed by atoms with Crippen LogP contribution >= 0.6 is 22.9 Å². The van der Waals surface area contributed by atoms with E-state index in [1.807, 2.05) is 5.38 Å². The average molecular weight is 274 g/mol. The van der Waals surface area contributed by atoms with Crippen LogP contribution in [0.5, 0.6) is 0 Å². The highest BCUT2D eigenvalue weighted by atomic mass is 35.5. The molecule has 1 saturated heterocycles. The van der Waals surface area contributed by atoms with Crippen LogP contribution in [-0.2, 0) is 5.88 Å². The van der Waals surface area contributed by atoms with Gasteiger partial charge in [0.1, 0.15) is 0 Å². The first-order valence-electron chi connectivity index (χ1n) is 6.09. The molecule has 0 aliphatic carbocycles. The van der Waals surface area contributed by atoms with Crippen LogP contribution in [0.3, 0.4) is 0 Å². The Balaban J connectivity index is 1.86. The van der Waals surface area contributed by atoms with E-state index in [9.17, 15) is 0 Å². The van der Waals surface area contributed by atoms with Crippen molar-refractivity contribution in [1.29, 1.82) is 0 Å². The number of rotatable bonds is 4. The maximum Gasteiger partial charge on any atom is 0.185 e. The standard InChI is InChI=1S/C12H20ClN3S/c1-15-5-3-10(4-6-15)8-16(2)12-14-11(7-13)9-17-12/h9-10H,3-8H2,1-2H3. The van der Waals surface area contributed by atoms with Crippen molar-refractivity contribution in [1.82, 2.24) is 9.88 Å². The van der Waals surface area contributed by atoms with Gasteiger partial charge in [0, 0.05) is 19.0 Å². The van der Waals surface area contributed by atoms with Crippen molar-refractivity contribution in [2.45, 2.75) is 18.7 Å². The highest BCUT2D eigenvalue weighted by Crippen LogP contribution is 2.24. The van der Waals surface area contributed by atoms with E-state index in [1.165, 1.54) is 25.9 Å². The Morgan fingerprint density at radius 2 is 2.24 bits per heavy atom. The predicted octanol–water partition coefficient (Wildman–Crippen LogP) is 2.66. The average Bonchev–Trinajstić information content (AvgIpc) is 2.81. The Morgan fingerprint density at radius 1 is 1.53 bits per heavy atom. The lowest BCUT2D eigenvalue weighted by Gasteiger charge is -2.31. The van der Waals surface area contributed by atoms with Gasteiger partial charge in [-0.1, -0.05) is 0 Å². The molecule has 0 radical (unpaired) electrons. The zero-order valence-electron chi connectivity index (χ0n) is 10.5. The second-order valence-corrected chi connectivity index (χ2v) is 5.99. The third-order valence-electron chi connectivity index (χ3n) is 3.37. The Kier molecular flexibility index (Phi) is 4.65. The molecule has 3 nitrogen and oxygen atoms in total. The summed E-state index contributed by atoms with van der Waals surface area (Å²) in [6, 6.07) is 0. The van der Waals surface area contributed by atoms with E-state index < -0.39 is 0 Å². The van der Waals surface area contributed by atoms with Crippen LogP contribution in [0.1, 0.15) is 18.5 Å². The largest absolute Gasteiger partial charge is 0.351 e. The van der Waals surface area contributed by atoms with Crippen LogP contribution in [0.2, 0.25) is 0 Å². The molecule has 2 rings (SSSR count). The summed E-state index contributed by atoms with van der Waals surface area (Å²) >= 11 is 7.46. The number of nitrogens with zero attached hydrogens (tertiary/aromatic N) is 3. The van der Waals surface area contributed by atoms with E-state index >= 15 is 0 Å². The minimum absolute atomic E-state index is 0.512. The van der Waals surface area contributed by atoms with Gasteiger partial charge >= 0.3 is 0 Å². The van der Waals surface area contributed by atoms with Gasteiger partial charge in [-0.3, -0.25) is 0 Å². The fourth-order valence-electron chi connectivity index (χ4n) is 2.24. The van der Waals surface area contributed by atoms with Crippen LogP contribution in [-0.4, -0.2) is 43.6 Å². The normalized spacial score (nSPS) is 18.5. The Bertz CT molecular complexity index is 347. The quantitative estimate of drug-likeness (QED) is 0.787. The van der Waals surface area contributed by atoms with E-state index in [0.717, 1.165) is 23.3 Å². The number of piperidine rings is 1. The monoisotopic (exact) mass is 273 g/mol. The van der Waals surface area contributed by atoms with Crippen molar-refractivity contribution < 1.29 is 0 Å². The van der Waals surface area contributed by atoms with Crippen molar-refractivity contribution >= 4 is 28.1 Å². The molecule has 2 heterocycles. The molecular formula is C12H20ClN3S. The summed E-state index contributed by atoms with van der Waals surface area (Å²) in [5.74, 6) is 1.32. The fourth-order valence-corrected chi connectivity index (χ4v) is 3.27. The summed E-state index contributed by atoms with van der Waals surface area (Å²) < 4.78 is 0. The Hall–Kier alpha value is -0.320. The zero-order chi connectivity index (χ0) is 12.3. The molecule has 1 fully saturated rings. The molecule has 0 unspecified atom stereocenters. The molecular weight excluding hydrogens is 254 g/mol. The summed E-state index contributed by atoms with van der Waals surface area (Å²) in [5.41, 5.74) is 0.988. The van der Waals surface area contributed by atoms with Crippen molar-refractivity contribution in [2.75, 3.05) is 38.6 Å². The molecule has 0 atom stereocenters. The van der Waals surface area contributed by atoms with E-state index in [0.29, 0.717) is 5.88 Å². The molecule has 0 spiro atoms. The van der Waals surface area contributed by atoms with Gasteiger partial charge in [0.2, 0.25) is 0 Å². The van der Waals surface area contributed by atoms with Gasteiger partial charge in [0.25, 0.3) is 0 Å². The molecule has 17 heavy (non-hydrogen) atoms. The second-order valence-electron chi connectivity index (χ2n) is 4.88. The van der Waals surface area contributed by atoms with Crippen LogP contribution < -0.4 is 4.90 Å². The van der Waals surface area contributed by atoms with Gasteiger partial charge in [-0.25, -0.2) is 4.98 Å². The molecule has 0 aromatic carbocycles. The number of likely N-dealkylation sites (tertiary alicyclic amines) is 1. The number of thiazole rings is 1. The smallest absolute Gasteiger partial charge is 0.185 e. The maximum atomic E-state index is 5.77. The molecule has 0 N–H and O–H groups in total. The first-order chi connectivity index (χ1) is 8.19. The maximum absolute atomic E-state index is 5.77. The van der Waals surface area contributed by atoms with Gasteiger partial charge in [-0.15, -0.1) is 22.9 Å². The minimum Gasteiger partial charge on any atom is -0.351 e. The van der Waals surface area contributed by atoms with E-state index in [-0.39, 0.29) is 0 Å². The minimum atomic E-state index is 0.512. The predicted molar refractivity (Wildman–Crippen MR) is 75.2 cm³/mol. The van der Waals surface area contributed by atoms with Crippen LogP contribution in [0.15, 0.2) is 5.38 Å². The topological polar surface area (TPSA) is 19.4 Å². The number of aromatic nitrogens is 1. The first-order valence-corrected chi connectivity index (χ1v) is 7.50. The van der Waals surface area contributed by atoms with Crippen molar-refractivity contribution in [3.05, 3.63) is 11.1 Å². The molecule has 0 amide bonds. The third kappa shape index (κ3) is 3.57. The summed E-state index contributed by atoms with van der Waals surface area (Å²) in [5, 5.41) is 3.15. The van der Waals surface area contributed by atoms with Crippen LogP contribution in [0.25, 0.3) is 0 Å². The van der Waals surface area contributed by atoms with Crippen molar-refractivity contribution in [2.24, 2.45) is 5.92 Å². The van der Waals surface area contributed by atoms with Crippen LogP contribution in [0, 0.1) is 5.92 Å². The molecule has 1 aromatic rings. The summed E-state index contributed by atoms with van der Waals surface area (Å²) in [7, 11) is 4.34. The molecule has 0 saturated carbocycles. The summed E-state index contributed by atoms with van der Waals surface area (Å²) in [6.07, 6.45) is 2.60. The second kappa shape index (κ2) is 6.03. The number of hydrogen-bond donors (Lipinski definition) is 0. The Labute approximate surface area is 112 Å². The molecule has 96 valence electrons. The Morgan fingerprint density at radius 3 is 2.82 bits per heavy atom. The van der Waals surface area contributed by atoms with Crippen molar-refractivity contribution in [3.63, 3.8) is 0 Å². The van der Waals surface area contributed by atoms with Crippen molar-refractivity contribution in [3.8, 4) is 0 Å². The van der Waals surface area contributed by atoms with Gasteiger partial charge in [0.05, 0.1) is 11.6 Å². The van der Waals surface area contributed by atoms with Gasteiger partial charge in [-0.2, -0.15) is 0 Å². The first kappa shape index (κ1) is 13.1. The fraction of sp³-hybridized carbons (Fsp3) is 0.750. The lowest BCUT2D eigenvalue weighted by Crippen LogP contribution is -2.35. The zero-order valence-corrected chi connectivity index (χ0v) is 12.1. The number of hydrogen-bond acceptors (Lipinski definition) is 4. The number of alkyl halides is 1. The van der Waals surface area contributed by atoms with Crippen LogP contribution in [0.4, 0.5) is 5.13 Å². The number of halogens is 1. The van der Waals surface area contributed by atoms with Gasteiger partial charge < -0.3 is 9.80 Å². The van der Waals surface area contributed by atoms with E-state index in [1.54, 1.807) is 11.3 Å². The molecule has 5 heteroatoms. The van der Waals surface area contributed by atoms with Gasteiger partial charge in [0.15, 0.2) is 5.13 Å². The SMILES string of the molecule is CN1CCC(CN(C)c2nc(CCl)cs2)CC1. The number of anilines is 1. The van der Waals surface area contributed by atoms with E-state index in [4.69, 9.17) is 11.6 Å². The van der Waals surface area contributed by atoms with Gasteiger partial charge in [-0.05, 0) is 38.9 Å². The molecule has 1 aliphatic rings. The third-order valence-corrected chi connectivity index (χ3v) is 4.65. The summed E-state index contributed by atoms with van der Waals surface area (Å²) in [6.45, 7) is 3.57.